The van der Waals surface area contributed by atoms with E-state index in [9.17, 15) is 4.79 Å². The number of likely N-dealkylation sites (N-methyl/N-ethyl adjacent to an activating group) is 1. The summed E-state index contributed by atoms with van der Waals surface area (Å²) in [7, 11) is 4.31. The Balaban J connectivity index is 0. The third-order valence-corrected chi connectivity index (χ3v) is 5.88. The summed E-state index contributed by atoms with van der Waals surface area (Å²) in [5.41, 5.74) is 0. The molecule has 5 nitrogen and oxygen atoms in total. The fourth-order valence-electron chi connectivity index (χ4n) is 4.02. The molecule has 1 N–H and O–H groups in total. The molecule has 0 radical (unpaired) electrons. The van der Waals surface area contributed by atoms with Gasteiger partial charge in [0.25, 0.3) is 0 Å². The summed E-state index contributed by atoms with van der Waals surface area (Å²) in [5.74, 6) is -0.301. The van der Waals surface area contributed by atoms with Crippen LogP contribution in [0.4, 0.5) is 0 Å². The van der Waals surface area contributed by atoms with E-state index in [4.69, 9.17) is 14.2 Å². The second kappa shape index (κ2) is 23.8. The van der Waals surface area contributed by atoms with Crippen LogP contribution >= 0.6 is 0 Å². The van der Waals surface area contributed by atoms with Crippen LogP contribution in [0, 0.1) is 0 Å². The molecule has 0 aliphatic heterocycles. The van der Waals surface area contributed by atoms with Crippen molar-refractivity contribution in [3.63, 3.8) is 0 Å². The Morgan fingerprint density at radius 2 is 1.19 bits per heavy atom. The van der Waals surface area contributed by atoms with Gasteiger partial charge in [-0.2, -0.15) is 0 Å². The van der Waals surface area contributed by atoms with Crippen LogP contribution < -0.4 is 17.3 Å². The lowest BCUT2D eigenvalue weighted by atomic mass is 10.0. The number of quaternary nitrogens is 1. The molecular formula is C26H54ClNO4. The number of ether oxygens (including phenoxy) is 3. The highest BCUT2D eigenvalue weighted by atomic mass is 35.5. The second-order valence-corrected chi connectivity index (χ2v) is 9.19. The third kappa shape index (κ3) is 18.1. The zero-order valence-corrected chi connectivity index (χ0v) is 22.8. The van der Waals surface area contributed by atoms with Gasteiger partial charge in [0.05, 0.1) is 20.7 Å². The van der Waals surface area contributed by atoms with Gasteiger partial charge in [0.15, 0.2) is 6.10 Å². The molecule has 194 valence electrons. The lowest BCUT2D eigenvalue weighted by molar-refractivity contribution is -0.891. The lowest BCUT2D eigenvalue weighted by Crippen LogP contribution is -3.12. The first-order valence-electron chi connectivity index (χ1n) is 13.2. The highest BCUT2D eigenvalue weighted by Gasteiger charge is 2.37. The summed E-state index contributed by atoms with van der Waals surface area (Å²) in [4.78, 5) is 13.1. The molecule has 0 saturated carbocycles. The average molecular weight is 480 g/mol. The van der Waals surface area contributed by atoms with E-state index in [-0.39, 0.29) is 30.5 Å². The molecule has 0 heterocycles. The fraction of sp³-hybridized carbons (Fsp3) is 0.962. The summed E-state index contributed by atoms with van der Waals surface area (Å²) in [6.07, 6.45) is 15.9. The molecule has 0 fully saturated rings. The number of rotatable bonds is 22. The van der Waals surface area contributed by atoms with Gasteiger partial charge in [0.1, 0.15) is 6.04 Å². The van der Waals surface area contributed by atoms with Crippen LogP contribution in [0.25, 0.3) is 0 Å². The van der Waals surface area contributed by atoms with Gasteiger partial charge in [-0.05, 0) is 12.8 Å². The molecule has 3 unspecified atom stereocenters. The Morgan fingerprint density at radius 1 is 0.719 bits per heavy atom. The van der Waals surface area contributed by atoms with Crippen LogP contribution in [0.2, 0.25) is 0 Å². The quantitative estimate of drug-likeness (QED) is 0.147. The van der Waals surface area contributed by atoms with E-state index in [0.717, 1.165) is 32.1 Å². The smallest absolute Gasteiger partial charge is 0.305 e. The number of halogens is 1. The fourth-order valence-corrected chi connectivity index (χ4v) is 4.02. The van der Waals surface area contributed by atoms with Gasteiger partial charge < -0.3 is 31.5 Å². The molecule has 3 atom stereocenters. The van der Waals surface area contributed by atoms with Crippen LogP contribution in [0.1, 0.15) is 118 Å². The zero-order valence-electron chi connectivity index (χ0n) is 22.1. The highest BCUT2D eigenvalue weighted by Crippen LogP contribution is 2.16. The Bertz CT molecular complexity index is 409. The molecule has 0 amide bonds. The molecule has 32 heavy (non-hydrogen) atoms. The van der Waals surface area contributed by atoms with E-state index in [2.05, 4.69) is 34.9 Å². The molecule has 6 heteroatoms. The topological polar surface area (TPSA) is 49.2 Å². The number of carbonyl (C=O) groups is 1. The summed E-state index contributed by atoms with van der Waals surface area (Å²) < 4.78 is 18.1. The van der Waals surface area contributed by atoms with Crippen molar-refractivity contribution in [2.45, 2.75) is 136 Å². The summed E-state index contributed by atoms with van der Waals surface area (Å²) >= 11 is 0. The normalized spacial score (nSPS) is 14.1. The van der Waals surface area contributed by atoms with E-state index in [1.807, 2.05) is 0 Å². The maximum Gasteiger partial charge on any atom is 0.305 e. The first-order valence-corrected chi connectivity index (χ1v) is 13.2. The van der Waals surface area contributed by atoms with E-state index >= 15 is 0 Å². The zero-order chi connectivity index (χ0) is 23.3. The average Bonchev–Trinajstić information content (AvgIpc) is 2.72. The largest absolute Gasteiger partial charge is 1.00 e. The van der Waals surface area contributed by atoms with Crippen molar-refractivity contribution >= 4 is 5.97 Å². The summed E-state index contributed by atoms with van der Waals surface area (Å²) in [5, 5.41) is 0. The molecule has 0 spiro atoms. The minimum absolute atomic E-state index is 0. The monoisotopic (exact) mass is 479 g/mol. The van der Waals surface area contributed by atoms with Crippen LogP contribution in [0.5, 0.6) is 0 Å². The van der Waals surface area contributed by atoms with E-state index < -0.39 is 6.29 Å². The van der Waals surface area contributed by atoms with Gasteiger partial charge in [0.2, 0.25) is 6.29 Å². The van der Waals surface area contributed by atoms with Gasteiger partial charge >= 0.3 is 5.97 Å². The Labute approximate surface area is 205 Å². The van der Waals surface area contributed by atoms with Gasteiger partial charge in [-0.15, -0.1) is 0 Å². The predicted octanol–water partition coefficient (Wildman–Crippen LogP) is 2.32. The maximum atomic E-state index is 11.8. The van der Waals surface area contributed by atoms with Gasteiger partial charge in [-0.3, -0.25) is 4.79 Å². The van der Waals surface area contributed by atoms with Gasteiger partial charge in [-0.25, -0.2) is 0 Å². The maximum absolute atomic E-state index is 11.8. The molecule has 0 aromatic carbocycles. The molecule has 0 saturated heterocycles. The van der Waals surface area contributed by atoms with Crippen molar-refractivity contribution in [3.05, 3.63) is 0 Å². The van der Waals surface area contributed by atoms with E-state index in [1.165, 1.54) is 69.6 Å². The minimum atomic E-state index is -0.625. The number of hydrogen-bond donors (Lipinski definition) is 1. The number of carbonyl (C=O) groups excluding carboxylic acids is 1. The van der Waals surface area contributed by atoms with Crippen molar-refractivity contribution in [1.29, 1.82) is 0 Å². The van der Waals surface area contributed by atoms with E-state index in [1.54, 1.807) is 0 Å². The molecule has 0 aromatic heterocycles. The molecular weight excluding hydrogens is 426 g/mol. The number of hydrogen-bond acceptors (Lipinski definition) is 4. The Hall–Kier alpha value is -0.360. The SMILES string of the molecule is CCCCCCCCOC(OC(C)=O)C(OCCCCCCCC)C(CCC)[NH+](C)C.[Cl-]. The number of esters is 1. The summed E-state index contributed by atoms with van der Waals surface area (Å²) in [6.45, 7) is 9.44. The first kappa shape index (κ1) is 33.8. The first-order chi connectivity index (χ1) is 15.0. The van der Waals surface area contributed by atoms with Gasteiger partial charge in [-0.1, -0.05) is 91.4 Å². The number of unbranched alkanes of at least 4 members (excludes halogenated alkanes) is 10. The van der Waals surface area contributed by atoms with Crippen LogP contribution in [0.15, 0.2) is 0 Å². The summed E-state index contributed by atoms with van der Waals surface area (Å²) in [6, 6.07) is 0.235. The highest BCUT2D eigenvalue weighted by molar-refractivity contribution is 5.66. The Morgan fingerprint density at radius 3 is 1.62 bits per heavy atom. The standard InChI is InChI=1S/C26H53NO4.ClH/c1-7-10-12-14-16-18-21-29-25(24(20-9-3)27(5)6)26(31-23(4)28)30-22-19-17-15-13-11-8-2;/h24-26H,7-22H2,1-6H3;1H. The van der Waals surface area contributed by atoms with E-state index in [0.29, 0.717) is 13.2 Å². The third-order valence-electron chi connectivity index (χ3n) is 5.88. The second-order valence-electron chi connectivity index (χ2n) is 9.19. The van der Waals surface area contributed by atoms with Crippen LogP contribution in [-0.4, -0.2) is 51.7 Å². The van der Waals surface area contributed by atoms with Crippen molar-refractivity contribution in [2.75, 3.05) is 27.3 Å². The molecule has 0 bridgehead atoms. The van der Waals surface area contributed by atoms with Gasteiger partial charge in [0, 0.05) is 20.0 Å². The lowest BCUT2D eigenvalue weighted by Gasteiger charge is -2.34. The van der Waals surface area contributed by atoms with Crippen molar-refractivity contribution in [1.82, 2.24) is 0 Å². The molecule has 0 rings (SSSR count). The molecule has 0 aliphatic carbocycles. The minimum Gasteiger partial charge on any atom is -1.00 e. The number of nitrogens with one attached hydrogen (secondary N) is 1. The molecule has 0 aromatic rings. The molecule has 0 aliphatic rings. The van der Waals surface area contributed by atoms with Crippen molar-refractivity contribution < 1.29 is 36.3 Å². The van der Waals surface area contributed by atoms with Crippen molar-refractivity contribution in [2.24, 2.45) is 0 Å². The van der Waals surface area contributed by atoms with Crippen molar-refractivity contribution in [3.8, 4) is 0 Å². The van der Waals surface area contributed by atoms with Crippen LogP contribution in [0.3, 0.4) is 0 Å². The van der Waals surface area contributed by atoms with Crippen LogP contribution in [-0.2, 0) is 19.0 Å². The predicted molar refractivity (Wildman–Crippen MR) is 130 cm³/mol. The Kier molecular flexibility index (Phi) is 25.1.